The van der Waals surface area contributed by atoms with Crippen LogP contribution in [-0.4, -0.2) is 28.8 Å². The second kappa shape index (κ2) is 7.98. The van der Waals surface area contributed by atoms with Crippen LogP contribution in [0.4, 0.5) is 13.2 Å². The number of benzene rings is 1. The second-order valence-corrected chi connectivity index (χ2v) is 6.70. The summed E-state index contributed by atoms with van der Waals surface area (Å²) in [5.74, 6) is -0.170. The van der Waals surface area contributed by atoms with Gasteiger partial charge >= 0.3 is 12.1 Å². The molecule has 3 rings (SSSR count). The molecule has 2 heterocycles. The minimum atomic E-state index is -4.18. The van der Waals surface area contributed by atoms with Crippen molar-refractivity contribution in [2.24, 2.45) is 0 Å². The van der Waals surface area contributed by atoms with Crippen LogP contribution in [0, 0.1) is 0 Å². The summed E-state index contributed by atoms with van der Waals surface area (Å²) in [6.45, 7) is 0.499. The van der Waals surface area contributed by atoms with Gasteiger partial charge in [-0.05, 0) is 60.4 Å². The highest BCUT2D eigenvalue weighted by Crippen LogP contribution is 2.37. The molecule has 144 valence electrons. The van der Waals surface area contributed by atoms with Crippen LogP contribution in [0.15, 0.2) is 36.7 Å². The summed E-state index contributed by atoms with van der Waals surface area (Å²) in [7, 11) is 0. The minimum absolute atomic E-state index is 0.0670. The van der Waals surface area contributed by atoms with E-state index in [1.165, 1.54) is 12.3 Å². The Labute approximate surface area is 155 Å². The van der Waals surface area contributed by atoms with Crippen LogP contribution < -0.4 is 4.74 Å². The minimum Gasteiger partial charge on any atom is -0.493 e. The first-order chi connectivity index (χ1) is 12.8. The first kappa shape index (κ1) is 19.2. The number of carboxylic acids is 1. The van der Waals surface area contributed by atoms with E-state index in [2.05, 4.69) is 4.98 Å². The highest BCUT2D eigenvalue weighted by molar-refractivity contribution is 5.89. The monoisotopic (exact) mass is 379 g/mol. The van der Waals surface area contributed by atoms with E-state index in [0.717, 1.165) is 18.4 Å². The highest BCUT2D eigenvalue weighted by Gasteiger charge is 2.27. The number of pyridine rings is 1. The average Bonchev–Trinajstić information content (AvgIpc) is 2.64. The van der Waals surface area contributed by atoms with Crippen molar-refractivity contribution in [1.82, 2.24) is 4.98 Å². The first-order valence-electron chi connectivity index (χ1n) is 8.82. The molecule has 0 radical (unpaired) electrons. The SMILES string of the molecule is O=C(O)c1ccncc1CCC1CCOc2cc(CCC(F)(F)F)ccc21. The zero-order valence-electron chi connectivity index (χ0n) is 14.6. The van der Waals surface area contributed by atoms with Crippen molar-refractivity contribution in [3.05, 3.63) is 58.9 Å². The lowest BCUT2D eigenvalue weighted by molar-refractivity contribution is -0.134. The summed E-state index contributed by atoms with van der Waals surface area (Å²) in [5, 5.41) is 9.27. The van der Waals surface area contributed by atoms with Crippen LogP contribution in [0.5, 0.6) is 5.75 Å². The average molecular weight is 379 g/mol. The fraction of sp³-hybridized carbons (Fsp3) is 0.400. The van der Waals surface area contributed by atoms with Gasteiger partial charge in [0.25, 0.3) is 0 Å². The molecule has 0 saturated carbocycles. The van der Waals surface area contributed by atoms with Crippen LogP contribution in [0.1, 0.15) is 52.2 Å². The molecule has 0 fully saturated rings. The maximum atomic E-state index is 12.4. The first-order valence-corrected chi connectivity index (χ1v) is 8.82. The summed E-state index contributed by atoms with van der Waals surface area (Å²) >= 11 is 0. The number of hydrogen-bond donors (Lipinski definition) is 1. The molecule has 2 aromatic rings. The van der Waals surface area contributed by atoms with Gasteiger partial charge in [0.1, 0.15) is 5.75 Å². The van der Waals surface area contributed by atoms with E-state index in [0.29, 0.717) is 29.9 Å². The summed E-state index contributed by atoms with van der Waals surface area (Å²) < 4.78 is 42.9. The Hall–Kier alpha value is -2.57. The molecule has 1 aliphatic rings. The van der Waals surface area contributed by atoms with Gasteiger partial charge in [-0.3, -0.25) is 4.98 Å². The van der Waals surface area contributed by atoms with E-state index in [1.807, 2.05) is 6.07 Å². The van der Waals surface area contributed by atoms with E-state index in [9.17, 15) is 23.1 Å². The van der Waals surface area contributed by atoms with Gasteiger partial charge in [0.05, 0.1) is 12.2 Å². The summed E-state index contributed by atoms with van der Waals surface area (Å²) in [6, 6.07) is 6.74. The van der Waals surface area contributed by atoms with Gasteiger partial charge in [0.15, 0.2) is 0 Å². The van der Waals surface area contributed by atoms with Crippen molar-refractivity contribution in [3.8, 4) is 5.75 Å². The lowest BCUT2D eigenvalue weighted by atomic mass is 9.86. The van der Waals surface area contributed by atoms with Gasteiger partial charge in [-0.25, -0.2) is 4.79 Å². The highest BCUT2D eigenvalue weighted by atomic mass is 19.4. The van der Waals surface area contributed by atoms with Crippen LogP contribution in [0.2, 0.25) is 0 Å². The quantitative estimate of drug-likeness (QED) is 0.785. The molecule has 1 aromatic heterocycles. The second-order valence-electron chi connectivity index (χ2n) is 6.70. The number of halogens is 3. The molecule has 0 aliphatic carbocycles. The third kappa shape index (κ3) is 4.99. The van der Waals surface area contributed by atoms with Gasteiger partial charge in [0, 0.05) is 18.8 Å². The van der Waals surface area contributed by atoms with Crippen molar-refractivity contribution < 1.29 is 27.8 Å². The molecule has 1 aromatic carbocycles. The van der Waals surface area contributed by atoms with E-state index < -0.39 is 18.6 Å². The number of fused-ring (bicyclic) bond motifs is 1. The Kier molecular flexibility index (Phi) is 5.68. The Bertz CT molecular complexity index is 820. The zero-order valence-corrected chi connectivity index (χ0v) is 14.6. The van der Waals surface area contributed by atoms with E-state index in [1.54, 1.807) is 18.3 Å². The molecule has 1 N–H and O–H groups in total. The summed E-state index contributed by atoms with van der Waals surface area (Å²) in [4.78, 5) is 15.3. The number of alkyl halides is 3. The van der Waals surface area contributed by atoms with Crippen molar-refractivity contribution >= 4 is 5.97 Å². The third-order valence-electron chi connectivity index (χ3n) is 4.83. The Balaban J connectivity index is 1.70. The molecule has 1 atom stereocenters. The molecule has 1 aliphatic heterocycles. The molecule has 0 amide bonds. The number of nitrogens with zero attached hydrogens (tertiary/aromatic N) is 1. The molecule has 0 spiro atoms. The molecular formula is C20H20F3NO3. The van der Waals surface area contributed by atoms with Gasteiger partial charge in [-0.2, -0.15) is 13.2 Å². The number of ether oxygens (including phenoxy) is 1. The topological polar surface area (TPSA) is 59.4 Å². The van der Waals surface area contributed by atoms with Crippen LogP contribution >= 0.6 is 0 Å². The van der Waals surface area contributed by atoms with E-state index in [4.69, 9.17) is 4.74 Å². The standard InChI is InChI=1S/C20H20F3NO3/c21-20(22,23)8-5-13-1-4-16-14(7-10-27-18(16)11-13)2-3-15-12-24-9-6-17(15)19(25)26/h1,4,6,9,11-12,14H,2-3,5,7-8,10H2,(H,25,26). The lowest BCUT2D eigenvalue weighted by Crippen LogP contribution is -2.16. The van der Waals surface area contributed by atoms with Crippen molar-refractivity contribution in [1.29, 1.82) is 0 Å². The van der Waals surface area contributed by atoms with Crippen LogP contribution in [0.3, 0.4) is 0 Å². The van der Waals surface area contributed by atoms with Gasteiger partial charge in [0.2, 0.25) is 0 Å². The Morgan fingerprint density at radius 2 is 2.07 bits per heavy atom. The maximum absolute atomic E-state index is 12.4. The van der Waals surface area contributed by atoms with E-state index in [-0.39, 0.29) is 17.9 Å². The van der Waals surface area contributed by atoms with Crippen molar-refractivity contribution in [2.45, 2.75) is 44.2 Å². The molecule has 0 bridgehead atoms. The Morgan fingerprint density at radius 1 is 1.26 bits per heavy atom. The van der Waals surface area contributed by atoms with E-state index >= 15 is 0 Å². The van der Waals surface area contributed by atoms with Crippen LogP contribution in [-0.2, 0) is 12.8 Å². The number of aromatic nitrogens is 1. The smallest absolute Gasteiger partial charge is 0.389 e. The predicted molar refractivity (Wildman–Crippen MR) is 93.2 cm³/mol. The summed E-state index contributed by atoms with van der Waals surface area (Å²) in [6.07, 6.45) is 0.0157. The zero-order chi connectivity index (χ0) is 19.4. The normalized spacial score (nSPS) is 16.5. The Morgan fingerprint density at radius 3 is 2.81 bits per heavy atom. The summed E-state index contributed by atoms with van der Waals surface area (Å²) in [5.41, 5.74) is 2.50. The number of rotatable bonds is 6. The predicted octanol–water partition coefficient (Wildman–Crippen LogP) is 4.77. The molecule has 4 nitrogen and oxygen atoms in total. The van der Waals surface area contributed by atoms with Gasteiger partial charge < -0.3 is 9.84 Å². The molecule has 7 heteroatoms. The lowest BCUT2D eigenvalue weighted by Gasteiger charge is -2.26. The fourth-order valence-electron chi connectivity index (χ4n) is 3.41. The number of carboxylic acid groups (broad SMARTS) is 1. The van der Waals surface area contributed by atoms with Gasteiger partial charge in [-0.1, -0.05) is 12.1 Å². The maximum Gasteiger partial charge on any atom is 0.389 e. The number of hydrogen-bond acceptors (Lipinski definition) is 3. The van der Waals surface area contributed by atoms with Gasteiger partial charge in [-0.15, -0.1) is 0 Å². The fourth-order valence-corrected chi connectivity index (χ4v) is 3.41. The largest absolute Gasteiger partial charge is 0.493 e. The number of carbonyl (C=O) groups is 1. The number of aromatic carboxylic acids is 1. The van der Waals surface area contributed by atoms with Crippen molar-refractivity contribution in [3.63, 3.8) is 0 Å². The molecule has 27 heavy (non-hydrogen) atoms. The van der Waals surface area contributed by atoms with Crippen molar-refractivity contribution in [2.75, 3.05) is 6.61 Å². The third-order valence-corrected chi connectivity index (χ3v) is 4.83. The number of aryl methyl sites for hydroxylation is 2. The molecule has 1 unspecified atom stereocenters. The van der Waals surface area contributed by atoms with Crippen LogP contribution in [0.25, 0.3) is 0 Å². The molecule has 0 saturated heterocycles. The molecular weight excluding hydrogens is 359 g/mol.